The molecule has 0 spiro atoms. The minimum atomic E-state index is -6.32. The third kappa shape index (κ3) is 3.45. The fourth-order valence-electron chi connectivity index (χ4n) is 1.94. The molecular weight excluding hydrogens is 357 g/mol. The van der Waals surface area contributed by atoms with E-state index in [2.05, 4.69) is 4.98 Å². The fourth-order valence-corrected chi connectivity index (χ4v) is 1.94. The van der Waals surface area contributed by atoms with Crippen LogP contribution in [0.1, 0.15) is 37.6 Å². The van der Waals surface area contributed by atoms with E-state index in [1.54, 1.807) is 0 Å². The lowest BCUT2D eigenvalue weighted by atomic mass is 9.83. The van der Waals surface area contributed by atoms with E-state index in [1.807, 2.05) is 0 Å². The molecule has 0 saturated heterocycles. The molecule has 0 saturated carbocycles. The third-order valence-corrected chi connectivity index (χ3v) is 3.21. The largest absolute Gasteiger partial charge is 0.432 e. The van der Waals surface area contributed by atoms with Gasteiger partial charge in [-0.3, -0.25) is 4.98 Å². The Bertz CT molecular complexity index is 594. The number of halogens is 9. The average Bonchev–Trinajstić information content (AvgIpc) is 2.32. The molecule has 0 aromatic carbocycles. The maximum Gasteiger partial charge on any atom is 0.432 e. The molecular formula is C13H12F9NO. The molecule has 0 bridgehead atoms. The van der Waals surface area contributed by atoms with Gasteiger partial charge in [0.05, 0.1) is 11.3 Å². The highest BCUT2D eigenvalue weighted by Crippen LogP contribution is 2.50. The lowest BCUT2D eigenvalue weighted by Gasteiger charge is -2.33. The van der Waals surface area contributed by atoms with Crippen LogP contribution in [-0.2, 0) is 17.2 Å². The zero-order chi connectivity index (χ0) is 19.4. The quantitative estimate of drug-likeness (QED) is 0.728. The zero-order valence-electron chi connectivity index (χ0n) is 12.5. The van der Waals surface area contributed by atoms with E-state index >= 15 is 0 Å². The van der Waals surface area contributed by atoms with Crippen LogP contribution in [0, 0.1) is 0 Å². The Labute approximate surface area is 130 Å². The number of pyridine rings is 1. The van der Waals surface area contributed by atoms with Gasteiger partial charge in [0.2, 0.25) is 0 Å². The average molecular weight is 369 g/mol. The second kappa shape index (κ2) is 5.50. The molecule has 1 aromatic rings. The van der Waals surface area contributed by atoms with Crippen molar-refractivity contribution in [2.75, 3.05) is 0 Å². The first-order valence-corrected chi connectivity index (χ1v) is 6.27. The van der Waals surface area contributed by atoms with Crippen LogP contribution in [-0.4, -0.2) is 22.4 Å². The second-order valence-electron chi connectivity index (χ2n) is 6.07. The van der Waals surface area contributed by atoms with E-state index in [0.717, 1.165) is 0 Å². The Morgan fingerprint density at radius 3 is 1.50 bits per heavy atom. The second-order valence-corrected chi connectivity index (χ2v) is 6.07. The van der Waals surface area contributed by atoms with Crippen LogP contribution < -0.4 is 0 Å². The van der Waals surface area contributed by atoms with Crippen molar-refractivity contribution < 1.29 is 44.6 Å². The lowest BCUT2D eigenvalue weighted by molar-refractivity contribution is -0.377. The molecule has 0 radical (unpaired) electrons. The summed E-state index contributed by atoms with van der Waals surface area (Å²) in [5, 5.41) is 9.16. The molecule has 0 fully saturated rings. The number of aliphatic hydroxyl groups is 1. The topological polar surface area (TPSA) is 33.1 Å². The number of aromatic nitrogens is 1. The molecule has 11 heteroatoms. The van der Waals surface area contributed by atoms with Gasteiger partial charge in [0, 0.05) is 6.20 Å². The van der Waals surface area contributed by atoms with Gasteiger partial charge in [-0.05, 0) is 17.0 Å². The number of alkyl halides is 9. The SMILES string of the molecule is CC(C)(C)c1cnc(C(O)(C(F)(F)F)C(F)(F)F)cc1C(F)(F)F. The van der Waals surface area contributed by atoms with Gasteiger partial charge >= 0.3 is 18.5 Å². The Balaban J connectivity index is 3.80. The van der Waals surface area contributed by atoms with Crippen LogP contribution in [0.25, 0.3) is 0 Å². The van der Waals surface area contributed by atoms with Gasteiger partial charge < -0.3 is 5.11 Å². The number of nitrogens with zero attached hydrogens (tertiary/aromatic N) is 1. The summed E-state index contributed by atoms with van der Waals surface area (Å²) in [7, 11) is 0. The van der Waals surface area contributed by atoms with Gasteiger partial charge in [0.1, 0.15) is 0 Å². The maximum absolute atomic E-state index is 13.1. The molecule has 1 N–H and O–H groups in total. The normalized spacial score (nSPS) is 14.9. The van der Waals surface area contributed by atoms with Crippen molar-refractivity contribution in [1.82, 2.24) is 4.98 Å². The van der Waals surface area contributed by atoms with Crippen LogP contribution in [0.2, 0.25) is 0 Å². The van der Waals surface area contributed by atoms with Gasteiger partial charge in [-0.25, -0.2) is 0 Å². The van der Waals surface area contributed by atoms with Gasteiger partial charge in [-0.1, -0.05) is 20.8 Å². The predicted molar refractivity (Wildman–Crippen MR) is 63.9 cm³/mol. The van der Waals surface area contributed by atoms with Crippen LogP contribution in [0.15, 0.2) is 12.3 Å². The number of rotatable bonds is 1. The third-order valence-electron chi connectivity index (χ3n) is 3.21. The van der Waals surface area contributed by atoms with Crippen molar-refractivity contribution in [2.24, 2.45) is 0 Å². The van der Waals surface area contributed by atoms with Gasteiger partial charge in [-0.15, -0.1) is 0 Å². The minimum absolute atomic E-state index is 0.264. The molecule has 1 aromatic heterocycles. The first kappa shape index (κ1) is 20.5. The van der Waals surface area contributed by atoms with Crippen LogP contribution in [0.4, 0.5) is 39.5 Å². The molecule has 1 heterocycles. The van der Waals surface area contributed by atoms with E-state index in [-0.39, 0.29) is 6.20 Å². The first-order valence-electron chi connectivity index (χ1n) is 6.27. The van der Waals surface area contributed by atoms with Crippen LogP contribution in [0.5, 0.6) is 0 Å². The fraction of sp³-hybridized carbons (Fsp3) is 0.615. The summed E-state index contributed by atoms with van der Waals surface area (Å²) in [6, 6.07) is -0.415. The van der Waals surface area contributed by atoms with Gasteiger partial charge in [0.15, 0.2) is 0 Å². The summed E-state index contributed by atoms with van der Waals surface area (Å²) in [6.45, 7) is 3.83. The highest BCUT2D eigenvalue weighted by Gasteiger charge is 2.72. The summed E-state index contributed by atoms with van der Waals surface area (Å²) in [5.41, 5.74) is -11.3. The van der Waals surface area contributed by atoms with Crippen molar-refractivity contribution in [3.8, 4) is 0 Å². The molecule has 138 valence electrons. The highest BCUT2D eigenvalue weighted by molar-refractivity contribution is 5.37. The minimum Gasteiger partial charge on any atom is -0.368 e. The summed E-state index contributed by atoms with van der Waals surface area (Å²) < 4.78 is 116. The monoisotopic (exact) mass is 369 g/mol. The lowest BCUT2D eigenvalue weighted by Crippen LogP contribution is -2.54. The molecule has 0 aliphatic rings. The standard InChI is InChI=1S/C13H12F9NO/c1-9(2,3)7-5-23-8(4-6(7)11(14,15)16)10(24,12(17,18)19)13(20,21)22/h4-5,24H,1-3H3. The summed E-state index contributed by atoms with van der Waals surface area (Å²) >= 11 is 0. The maximum atomic E-state index is 13.1. The summed E-state index contributed by atoms with van der Waals surface area (Å²) in [4.78, 5) is 2.83. The highest BCUT2D eigenvalue weighted by atomic mass is 19.4. The van der Waals surface area contributed by atoms with E-state index < -0.39 is 52.4 Å². The van der Waals surface area contributed by atoms with Crippen molar-refractivity contribution in [2.45, 2.75) is 50.3 Å². The Morgan fingerprint density at radius 1 is 0.792 bits per heavy atom. The zero-order valence-corrected chi connectivity index (χ0v) is 12.5. The molecule has 24 heavy (non-hydrogen) atoms. The van der Waals surface area contributed by atoms with Crippen molar-refractivity contribution in [3.63, 3.8) is 0 Å². The van der Waals surface area contributed by atoms with Gasteiger partial charge in [0.25, 0.3) is 5.60 Å². The smallest absolute Gasteiger partial charge is 0.368 e. The van der Waals surface area contributed by atoms with Crippen LogP contribution >= 0.6 is 0 Å². The van der Waals surface area contributed by atoms with E-state index in [4.69, 9.17) is 5.11 Å². The molecule has 0 unspecified atom stereocenters. The molecule has 0 aliphatic carbocycles. The molecule has 0 amide bonds. The molecule has 2 nitrogen and oxygen atoms in total. The molecule has 0 atom stereocenters. The van der Waals surface area contributed by atoms with Crippen LogP contribution in [0.3, 0.4) is 0 Å². The molecule has 0 aliphatic heterocycles. The Kier molecular flexibility index (Phi) is 4.70. The Morgan fingerprint density at radius 2 is 1.21 bits per heavy atom. The van der Waals surface area contributed by atoms with E-state index in [1.165, 1.54) is 20.8 Å². The van der Waals surface area contributed by atoms with E-state index in [0.29, 0.717) is 0 Å². The summed E-state index contributed by atoms with van der Waals surface area (Å²) in [5.74, 6) is 0. The first-order chi connectivity index (χ1) is 10.3. The number of hydrogen-bond acceptors (Lipinski definition) is 2. The van der Waals surface area contributed by atoms with E-state index in [9.17, 15) is 39.5 Å². The predicted octanol–water partition coefficient (Wildman–Crippen LogP) is 4.71. The number of hydrogen-bond donors (Lipinski definition) is 1. The van der Waals surface area contributed by atoms with Crippen molar-refractivity contribution in [1.29, 1.82) is 0 Å². The Hall–Kier alpha value is -1.52. The molecule has 1 rings (SSSR count). The van der Waals surface area contributed by atoms with Crippen molar-refractivity contribution >= 4 is 0 Å². The summed E-state index contributed by atoms with van der Waals surface area (Å²) in [6.07, 6.45) is -17.6. The van der Waals surface area contributed by atoms with Gasteiger partial charge in [-0.2, -0.15) is 39.5 Å². The van der Waals surface area contributed by atoms with Crippen molar-refractivity contribution in [3.05, 3.63) is 29.1 Å².